The van der Waals surface area contributed by atoms with Crippen molar-refractivity contribution >= 4 is 11.7 Å². The molecule has 1 aliphatic rings. The summed E-state index contributed by atoms with van der Waals surface area (Å²) in [5.74, 6) is -0.439. The molecular weight excluding hydrogens is 236 g/mol. The Labute approximate surface area is 104 Å². The molecule has 1 aliphatic heterocycles. The zero-order chi connectivity index (χ0) is 13.1. The van der Waals surface area contributed by atoms with Crippen LogP contribution in [0, 0.1) is 10.1 Å². The molecule has 0 spiro atoms. The summed E-state index contributed by atoms with van der Waals surface area (Å²) in [4.78, 5) is 21.7. The highest BCUT2D eigenvalue weighted by atomic mass is 16.6. The number of rotatable bonds is 3. The molecule has 2 rings (SSSR count). The van der Waals surface area contributed by atoms with E-state index in [1.807, 2.05) is 6.92 Å². The Morgan fingerprint density at radius 1 is 1.44 bits per heavy atom. The SMILES string of the molecule is C[C@@H]1C[C@H](OC(=O)c2ccc([N+](=O)[O-])cc2)CN1. The Bertz CT molecular complexity index is 458. The van der Waals surface area contributed by atoms with Crippen molar-refractivity contribution in [3.8, 4) is 0 Å². The van der Waals surface area contributed by atoms with E-state index in [0.717, 1.165) is 6.42 Å². The van der Waals surface area contributed by atoms with Crippen LogP contribution in [0.15, 0.2) is 24.3 Å². The van der Waals surface area contributed by atoms with Crippen LogP contribution in [0.5, 0.6) is 0 Å². The third kappa shape index (κ3) is 2.84. The lowest BCUT2D eigenvalue weighted by atomic mass is 10.2. The summed E-state index contributed by atoms with van der Waals surface area (Å²) in [7, 11) is 0. The first-order chi connectivity index (χ1) is 8.56. The van der Waals surface area contributed by atoms with E-state index in [-0.39, 0.29) is 11.8 Å². The summed E-state index contributed by atoms with van der Waals surface area (Å²) in [5.41, 5.74) is 0.294. The van der Waals surface area contributed by atoms with E-state index < -0.39 is 10.9 Å². The molecule has 6 nitrogen and oxygen atoms in total. The number of non-ortho nitro benzene ring substituents is 1. The third-order valence-electron chi connectivity index (χ3n) is 2.90. The summed E-state index contributed by atoms with van der Waals surface area (Å²) in [5, 5.41) is 13.7. The van der Waals surface area contributed by atoms with Gasteiger partial charge in [0.15, 0.2) is 0 Å². The molecule has 1 saturated heterocycles. The van der Waals surface area contributed by atoms with E-state index in [1.54, 1.807) is 0 Å². The van der Waals surface area contributed by atoms with Gasteiger partial charge in [-0.2, -0.15) is 0 Å². The minimum Gasteiger partial charge on any atom is -0.457 e. The lowest BCUT2D eigenvalue weighted by Crippen LogP contribution is -2.21. The van der Waals surface area contributed by atoms with Gasteiger partial charge in [-0.15, -0.1) is 0 Å². The zero-order valence-corrected chi connectivity index (χ0v) is 9.96. The molecule has 0 radical (unpaired) electrons. The number of esters is 1. The first kappa shape index (κ1) is 12.5. The topological polar surface area (TPSA) is 81.5 Å². The van der Waals surface area contributed by atoms with Crippen LogP contribution >= 0.6 is 0 Å². The van der Waals surface area contributed by atoms with Crippen molar-refractivity contribution in [1.82, 2.24) is 5.32 Å². The van der Waals surface area contributed by atoms with Crippen LogP contribution in [0.4, 0.5) is 5.69 Å². The number of benzene rings is 1. The number of ether oxygens (including phenoxy) is 1. The van der Waals surface area contributed by atoms with Gasteiger partial charge in [0.2, 0.25) is 0 Å². The normalized spacial score (nSPS) is 22.7. The van der Waals surface area contributed by atoms with Gasteiger partial charge in [-0.25, -0.2) is 4.79 Å². The van der Waals surface area contributed by atoms with Crippen LogP contribution in [0.25, 0.3) is 0 Å². The molecule has 2 atom stereocenters. The number of hydrogen-bond donors (Lipinski definition) is 1. The van der Waals surface area contributed by atoms with Crippen molar-refractivity contribution < 1.29 is 14.5 Å². The second kappa shape index (κ2) is 5.14. The molecule has 0 aromatic heterocycles. The van der Waals surface area contributed by atoms with Gasteiger partial charge in [0.1, 0.15) is 6.10 Å². The van der Waals surface area contributed by atoms with Crippen LogP contribution in [0.3, 0.4) is 0 Å². The largest absolute Gasteiger partial charge is 0.457 e. The summed E-state index contributed by atoms with van der Waals surface area (Å²) < 4.78 is 5.30. The molecule has 18 heavy (non-hydrogen) atoms. The molecule has 1 N–H and O–H groups in total. The van der Waals surface area contributed by atoms with Crippen LogP contribution < -0.4 is 5.32 Å². The van der Waals surface area contributed by atoms with Gasteiger partial charge >= 0.3 is 5.97 Å². The van der Waals surface area contributed by atoms with E-state index in [2.05, 4.69) is 5.32 Å². The number of carbonyl (C=O) groups excluding carboxylic acids is 1. The average molecular weight is 250 g/mol. The van der Waals surface area contributed by atoms with Crippen LogP contribution in [-0.4, -0.2) is 29.6 Å². The minimum absolute atomic E-state index is 0.0392. The molecule has 0 aliphatic carbocycles. The molecule has 0 bridgehead atoms. The molecule has 1 aromatic rings. The van der Waals surface area contributed by atoms with Gasteiger partial charge in [0.25, 0.3) is 5.69 Å². The van der Waals surface area contributed by atoms with Crippen LogP contribution in [-0.2, 0) is 4.74 Å². The molecule has 0 unspecified atom stereocenters. The highest BCUT2D eigenvalue weighted by Crippen LogP contribution is 2.15. The first-order valence-corrected chi connectivity index (χ1v) is 5.75. The molecule has 0 amide bonds. The monoisotopic (exact) mass is 250 g/mol. The number of nitrogens with zero attached hydrogens (tertiary/aromatic N) is 1. The van der Waals surface area contributed by atoms with E-state index in [4.69, 9.17) is 4.74 Å². The number of hydrogen-bond acceptors (Lipinski definition) is 5. The Morgan fingerprint density at radius 2 is 2.11 bits per heavy atom. The van der Waals surface area contributed by atoms with E-state index in [1.165, 1.54) is 24.3 Å². The predicted octanol–water partition coefficient (Wildman–Crippen LogP) is 1.50. The molecule has 1 heterocycles. The van der Waals surface area contributed by atoms with E-state index in [0.29, 0.717) is 18.2 Å². The molecule has 6 heteroatoms. The van der Waals surface area contributed by atoms with Crippen molar-refractivity contribution in [3.63, 3.8) is 0 Å². The van der Waals surface area contributed by atoms with Gasteiger partial charge in [0, 0.05) is 31.1 Å². The average Bonchev–Trinajstić information content (AvgIpc) is 2.75. The fourth-order valence-electron chi connectivity index (χ4n) is 1.92. The van der Waals surface area contributed by atoms with Crippen molar-refractivity contribution in [2.24, 2.45) is 0 Å². The van der Waals surface area contributed by atoms with Gasteiger partial charge in [-0.3, -0.25) is 10.1 Å². The summed E-state index contributed by atoms with van der Waals surface area (Å²) in [6, 6.07) is 5.76. The van der Waals surface area contributed by atoms with Crippen LogP contribution in [0.2, 0.25) is 0 Å². The summed E-state index contributed by atoms with van der Waals surface area (Å²) in [6.45, 7) is 2.68. The lowest BCUT2D eigenvalue weighted by molar-refractivity contribution is -0.384. The fourth-order valence-corrected chi connectivity index (χ4v) is 1.92. The minimum atomic E-state index is -0.502. The van der Waals surface area contributed by atoms with Gasteiger partial charge in [0.05, 0.1) is 10.5 Å². The quantitative estimate of drug-likeness (QED) is 0.499. The molecular formula is C12H14N2O4. The maximum Gasteiger partial charge on any atom is 0.338 e. The fraction of sp³-hybridized carbons (Fsp3) is 0.417. The third-order valence-corrected chi connectivity index (χ3v) is 2.90. The number of nitrogens with one attached hydrogen (secondary N) is 1. The van der Waals surface area contributed by atoms with Gasteiger partial charge in [-0.05, 0) is 19.1 Å². The van der Waals surface area contributed by atoms with Gasteiger partial charge in [-0.1, -0.05) is 0 Å². The highest BCUT2D eigenvalue weighted by Gasteiger charge is 2.24. The van der Waals surface area contributed by atoms with Gasteiger partial charge < -0.3 is 10.1 Å². The lowest BCUT2D eigenvalue weighted by Gasteiger charge is -2.10. The van der Waals surface area contributed by atoms with Crippen LogP contribution in [0.1, 0.15) is 23.7 Å². The number of carbonyl (C=O) groups is 1. The summed E-state index contributed by atoms with van der Waals surface area (Å²) >= 11 is 0. The second-order valence-corrected chi connectivity index (χ2v) is 4.38. The Hall–Kier alpha value is -1.95. The number of nitro groups is 1. The molecule has 1 fully saturated rings. The van der Waals surface area contributed by atoms with Crippen molar-refractivity contribution in [1.29, 1.82) is 0 Å². The standard InChI is InChI=1S/C12H14N2O4/c1-8-6-11(7-13-8)18-12(15)9-2-4-10(5-3-9)14(16)17/h2-5,8,11,13H,6-7H2,1H3/t8-,11+/m1/s1. The molecule has 96 valence electrons. The smallest absolute Gasteiger partial charge is 0.338 e. The Morgan fingerprint density at radius 3 is 2.61 bits per heavy atom. The Balaban J connectivity index is 1.98. The molecule has 1 aromatic carbocycles. The number of nitro benzene ring substituents is 1. The van der Waals surface area contributed by atoms with E-state index >= 15 is 0 Å². The van der Waals surface area contributed by atoms with Crippen molar-refractivity contribution in [2.45, 2.75) is 25.5 Å². The predicted molar refractivity (Wildman–Crippen MR) is 64.4 cm³/mol. The summed E-state index contributed by atoms with van der Waals surface area (Å²) in [6.07, 6.45) is 0.668. The maximum absolute atomic E-state index is 11.8. The second-order valence-electron chi connectivity index (χ2n) is 4.38. The van der Waals surface area contributed by atoms with Crippen molar-refractivity contribution in [2.75, 3.05) is 6.54 Å². The zero-order valence-electron chi connectivity index (χ0n) is 9.96. The van der Waals surface area contributed by atoms with Crippen molar-refractivity contribution in [3.05, 3.63) is 39.9 Å². The maximum atomic E-state index is 11.8. The first-order valence-electron chi connectivity index (χ1n) is 5.75. The van der Waals surface area contributed by atoms with E-state index in [9.17, 15) is 14.9 Å². The Kier molecular flexibility index (Phi) is 3.57. The highest BCUT2D eigenvalue weighted by molar-refractivity contribution is 5.89. The molecule has 0 saturated carbocycles.